The summed E-state index contributed by atoms with van der Waals surface area (Å²) in [4.78, 5) is 14.9. The molecule has 0 bridgehead atoms. The van der Waals surface area contributed by atoms with Gasteiger partial charge in [0.05, 0.1) is 28.4 Å². The van der Waals surface area contributed by atoms with Crippen LogP contribution in [-0.4, -0.2) is 19.5 Å². The lowest BCUT2D eigenvalue weighted by atomic mass is 9.92. The zero-order valence-electron chi connectivity index (χ0n) is 24.4. The van der Waals surface area contributed by atoms with Gasteiger partial charge in [-0.3, -0.25) is 0 Å². The van der Waals surface area contributed by atoms with E-state index in [9.17, 15) is 5.26 Å². The van der Waals surface area contributed by atoms with Crippen molar-refractivity contribution in [3.63, 3.8) is 0 Å². The molecule has 0 aliphatic heterocycles. The number of hydrogen-bond donors (Lipinski definition) is 0. The van der Waals surface area contributed by atoms with E-state index >= 15 is 0 Å². The highest BCUT2D eigenvalue weighted by Gasteiger charge is 2.27. The highest BCUT2D eigenvalue weighted by molar-refractivity contribution is 6.10. The number of hydrogen-bond acceptors (Lipinski definition) is 4. The molecule has 0 spiro atoms. The number of benzene rings is 4. The highest BCUT2D eigenvalue weighted by atomic mass is 15.1. The molecule has 41 heavy (non-hydrogen) atoms. The Morgan fingerprint density at radius 3 is 1.90 bits per heavy atom. The van der Waals surface area contributed by atoms with E-state index < -0.39 is 0 Å². The van der Waals surface area contributed by atoms with Crippen LogP contribution in [-0.2, 0) is 10.8 Å². The molecular weight excluding hydrogens is 502 g/mol. The predicted molar refractivity (Wildman–Crippen MR) is 167 cm³/mol. The molecule has 5 heteroatoms. The van der Waals surface area contributed by atoms with Gasteiger partial charge in [-0.1, -0.05) is 96.1 Å². The Labute approximate surface area is 241 Å². The Hall–Kier alpha value is -4.82. The number of nitrogens with zero attached hydrogens (tertiary/aromatic N) is 5. The van der Waals surface area contributed by atoms with Crippen molar-refractivity contribution in [1.29, 1.82) is 5.26 Å². The molecule has 2 aromatic heterocycles. The molecule has 0 amide bonds. The summed E-state index contributed by atoms with van der Waals surface area (Å²) < 4.78 is 2.27. The molecular formula is C36H33N5. The minimum absolute atomic E-state index is 0.272. The van der Waals surface area contributed by atoms with Gasteiger partial charge < -0.3 is 4.57 Å². The maximum atomic E-state index is 9.87. The van der Waals surface area contributed by atoms with Crippen LogP contribution in [0.5, 0.6) is 0 Å². The molecule has 5 nitrogen and oxygen atoms in total. The van der Waals surface area contributed by atoms with Gasteiger partial charge in [-0.2, -0.15) is 5.26 Å². The molecule has 0 atom stereocenters. The molecule has 0 aliphatic rings. The summed E-state index contributed by atoms with van der Waals surface area (Å²) in [5, 5.41) is 12.2. The second-order valence-electron chi connectivity index (χ2n) is 12.6. The third kappa shape index (κ3) is 4.76. The van der Waals surface area contributed by atoms with Crippen LogP contribution in [0.15, 0.2) is 91.0 Å². The van der Waals surface area contributed by atoms with Gasteiger partial charge in [0.1, 0.15) is 11.6 Å². The third-order valence-electron chi connectivity index (χ3n) is 7.36. The summed E-state index contributed by atoms with van der Waals surface area (Å²) in [7, 11) is 0. The lowest BCUT2D eigenvalue weighted by Gasteiger charge is -2.23. The lowest BCUT2D eigenvalue weighted by Crippen LogP contribution is -2.24. The van der Waals surface area contributed by atoms with E-state index in [2.05, 4.69) is 119 Å². The Morgan fingerprint density at radius 1 is 0.610 bits per heavy atom. The van der Waals surface area contributed by atoms with Crippen LogP contribution >= 0.6 is 0 Å². The molecule has 2 heterocycles. The molecule has 0 radical (unpaired) electrons. The molecule has 0 N–H and O–H groups in total. The highest BCUT2D eigenvalue weighted by Crippen LogP contribution is 2.38. The Bertz CT molecular complexity index is 1930. The first-order chi connectivity index (χ1) is 19.5. The van der Waals surface area contributed by atoms with Crippen molar-refractivity contribution in [2.75, 3.05) is 0 Å². The molecule has 0 saturated carbocycles. The fourth-order valence-corrected chi connectivity index (χ4v) is 5.19. The number of aromatic nitrogens is 4. The second-order valence-corrected chi connectivity index (χ2v) is 12.6. The smallest absolute Gasteiger partial charge is 0.165 e. The van der Waals surface area contributed by atoms with Crippen molar-refractivity contribution >= 4 is 21.8 Å². The average Bonchev–Trinajstić information content (AvgIpc) is 3.29. The van der Waals surface area contributed by atoms with E-state index in [-0.39, 0.29) is 10.8 Å². The molecule has 202 valence electrons. The molecule has 0 unspecified atom stereocenters. The SMILES string of the molecule is CC(C)(C)c1nc(-c2cc(C#N)ccc2-n2c3ccccc3c3cc(-c4ccccc4)ccc32)nc(C(C)(C)C)n1. The van der Waals surface area contributed by atoms with Gasteiger partial charge in [-0.05, 0) is 47.5 Å². The minimum Gasteiger partial charge on any atom is -0.308 e. The van der Waals surface area contributed by atoms with Crippen molar-refractivity contribution in [2.45, 2.75) is 52.4 Å². The molecule has 6 aromatic rings. The maximum Gasteiger partial charge on any atom is 0.165 e. The van der Waals surface area contributed by atoms with Gasteiger partial charge >= 0.3 is 0 Å². The van der Waals surface area contributed by atoms with E-state index in [4.69, 9.17) is 15.0 Å². The number of rotatable bonds is 3. The van der Waals surface area contributed by atoms with E-state index in [0.717, 1.165) is 39.3 Å². The van der Waals surface area contributed by atoms with Crippen molar-refractivity contribution in [3.8, 4) is 34.3 Å². The lowest BCUT2D eigenvalue weighted by molar-refractivity contribution is 0.497. The minimum atomic E-state index is -0.272. The zero-order valence-corrected chi connectivity index (χ0v) is 24.4. The van der Waals surface area contributed by atoms with Gasteiger partial charge in [-0.25, -0.2) is 15.0 Å². The number of para-hydroxylation sites is 1. The van der Waals surface area contributed by atoms with Crippen LogP contribution < -0.4 is 0 Å². The number of fused-ring (bicyclic) bond motifs is 3. The normalized spacial score (nSPS) is 12.1. The van der Waals surface area contributed by atoms with Crippen LogP contribution in [0.1, 0.15) is 58.8 Å². The molecule has 0 saturated heterocycles. The summed E-state index contributed by atoms with van der Waals surface area (Å²) in [6.45, 7) is 12.7. The Balaban J connectivity index is 1.67. The van der Waals surface area contributed by atoms with Gasteiger partial charge in [0.25, 0.3) is 0 Å². The van der Waals surface area contributed by atoms with Crippen molar-refractivity contribution in [1.82, 2.24) is 19.5 Å². The van der Waals surface area contributed by atoms with E-state index in [1.807, 2.05) is 24.3 Å². The Kier molecular flexibility index (Phi) is 6.23. The first-order valence-corrected chi connectivity index (χ1v) is 14.0. The molecule has 0 fully saturated rings. The topological polar surface area (TPSA) is 67.4 Å². The van der Waals surface area contributed by atoms with Crippen LogP contribution in [0.2, 0.25) is 0 Å². The monoisotopic (exact) mass is 535 g/mol. The van der Waals surface area contributed by atoms with E-state index in [1.165, 1.54) is 16.5 Å². The van der Waals surface area contributed by atoms with Crippen LogP contribution in [0, 0.1) is 11.3 Å². The first kappa shape index (κ1) is 26.4. The van der Waals surface area contributed by atoms with Gasteiger partial charge in [0.2, 0.25) is 0 Å². The number of nitriles is 1. The summed E-state index contributed by atoms with van der Waals surface area (Å²) in [5.41, 5.74) is 6.26. The van der Waals surface area contributed by atoms with Crippen molar-refractivity contribution in [3.05, 3.63) is 108 Å². The maximum absolute atomic E-state index is 9.87. The van der Waals surface area contributed by atoms with Crippen molar-refractivity contribution < 1.29 is 0 Å². The molecule has 0 aliphatic carbocycles. The van der Waals surface area contributed by atoms with E-state index in [0.29, 0.717) is 11.4 Å². The average molecular weight is 536 g/mol. The van der Waals surface area contributed by atoms with Crippen LogP contribution in [0.25, 0.3) is 50.0 Å². The van der Waals surface area contributed by atoms with E-state index in [1.54, 1.807) is 0 Å². The van der Waals surface area contributed by atoms with Gasteiger partial charge in [0.15, 0.2) is 5.82 Å². The molecule has 6 rings (SSSR count). The largest absolute Gasteiger partial charge is 0.308 e. The van der Waals surface area contributed by atoms with Gasteiger partial charge in [0, 0.05) is 27.2 Å². The molecule has 4 aromatic carbocycles. The third-order valence-corrected chi connectivity index (χ3v) is 7.36. The van der Waals surface area contributed by atoms with Gasteiger partial charge in [-0.15, -0.1) is 0 Å². The fraction of sp³-hybridized carbons (Fsp3) is 0.222. The van der Waals surface area contributed by atoms with Crippen molar-refractivity contribution in [2.24, 2.45) is 0 Å². The summed E-state index contributed by atoms with van der Waals surface area (Å²) >= 11 is 0. The van der Waals surface area contributed by atoms with Crippen LogP contribution in [0.3, 0.4) is 0 Å². The fourth-order valence-electron chi connectivity index (χ4n) is 5.19. The predicted octanol–water partition coefficient (Wildman–Crippen LogP) is 8.77. The Morgan fingerprint density at radius 2 is 1.24 bits per heavy atom. The standard InChI is InChI=1S/C36H33N5/c1-35(2,3)33-38-32(39-34(40-33)36(4,5)6)28-20-23(22-37)16-18-31(28)41-29-15-11-10-14-26(29)27-21-25(17-19-30(27)41)24-12-8-7-9-13-24/h7-21H,1-6H3. The second kappa shape index (κ2) is 9.67. The zero-order chi connectivity index (χ0) is 28.9. The quantitative estimate of drug-likeness (QED) is 0.227. The summed E-state index contributed by atoms with van der Waals surface area (Å²) in [6, 6.07) is 33.7. The first-order valence-electron chi connectivity index (χ1n) is 14.0. The summed E-state index contributed by atoms with van der Waals surface area (Å²) in [6.07, 6.45) is 0. The van der Waals surface area contributed by atoms with Crippen LogP contribution in [0.4, 0.5) is 0 Å². The summed E-state index contributed by atoms with van der Waals surface area (Å²) in [5.74, 6) is 2.04.